The predicted molar refractivity (Wildman–Crippen MR) is 98.0 cm³/mol. The molecule has 1 aromatic carbocycles. The number of nitriles is 1. The van der Waals surface area contributed by atoms with Gasteiger partial charge in [-0.1, -0.05) is 11.8 Å². The number of hydrogen-bond donors (Lipinski definition) is 0. The minimum atomic E-state index is -4.78. The van der Waals surface area contributed by atoms with Crippen molar-refractivity contribution in [3.8, 4) is 17.3 Å². The van der Waals surface area contributed by atoms with Gasteiger partial charge in [0.05, 0.1) is 22.6 Å². The summed E-state index contributed by atoms with van der Waals surface area (Å²) >= 11 is 0.782. The van der Waals surface area contributed by atoms with Crippen molar-refractivity contribution in [2.45, 2.75) is 25.0 Å². The fourth-order valence-corrected chi connectivity index (χ4v) is 3.43. The monoisotopic (exact) mass is 411 g/mol. The Balaban J connectivity index is 2.50. The Labute approximate surface area is 164 Å². The highest BCUT2D eigenvalue weighted by atomic mass is 32.2. The van der Waals surface area contributed by atoms with Crippen LogP contribution in [-0.2, 0) is 11.0 Å². The standard InChI is InChI=1S/C19H17F4N3OS/c1-3-26(4-2)17(27)11-28-18-14(10-24)15(19(21,22)23)9-16(25-18)12-5-7-13(20)8-6-12/h5-9H,3-4,11H2,1-2H3. The number of thioether (sulfide) groups is 1. The summed E-state index contributed by atoms with van der Waals surface area (Å²) in [5.41, 5.74) is -1.55. The van der Waals surface area contributed by atoms with Crippen molar-refractivity contribution in [1.82, 2.24) is 9.88 Å². The molecule has 0 radical (unpaired) electrons. The lowest BCUT2D eigenvalue weighted by molar-refractivity contribution is -0.138. The van der Waals surface area contributed by atoms with Crippen LogP contribution in [0, 0.1) is 17.1 Å². The number of amides is 1. The van der Waals surface area contributed by atoms with Crippen LogP contribution in [0.15, 0.2) is 35.4 Å². The molecule has 0 atom stereocenters. The van der Waals surface area contributed by atoms with Gasteiger partial charge in [-0.2, -0.15) is 18.4 Å². The molecule has 148 valence electrons. The number of nitrogens with zero attached hydrogens (tertiary/aromatic N) is 3. The molecule has 0 spiro atoms. The molecule has 9 heteroatoms. The van der Waals surface area contributed by atoms with Crippen LogP contribution in [0.4, 0.5) is 17.6 Å². The number of aromatic nitrogens is 1. The molecule has 0 unspecified atom stereocenters. The number of halogens is 4. The summed E-state index contributed by atoms with van der Waals surface area (Å²) in [5, 5.41) is 9.10. The maximum Gasteiger partial charge on any atom is 0.417 e. The van der Waals surface area contributed by atoms with Crippen LogP contribution in [0.1, 0.15) is 25.0 Å². The van der Waals surface area contributed by atoms with E-state index in [1.165, 1.54) is 17.0 Å². The van der Waals surface area contributed by atoms with Crippen LogP contribution in [0.3, 0.4) is 0 Å². The van der Waals surface area contributed by atoms with Gasteiger partial charge in [0.2, 0.25) is 5.91 Å². The minimum absolute atomic E-state index is 0.0517. The van der Waals surface area contributed by atoms with Gasteiger partial charge in [-0.05, 0) is 44.2 Å². The topological polar surface area (TPSA) is 57.0 Å². The maximum atomic E-state index is 13.5. The van der Waals surface area contributed by atoms with E-state index in [4.69, 9.17) is 0 Å². The van der Waals surface area contributed by atoms with Crippen molar-refractivity contribution >= 4 is 17.7 Å². The van der Waals surface area contributed by atoms with Crippen LogP contribution in [-0.4, -0.2) is 34.6 Å². The van der Waals surface area contributed by atoms with Crippen molar-refractivity contribution in [3.05, 3.63) is 47.3 Å². The molecule has 0 fully saturated rings. The second kappa shape index (κ2) is 9.06. The predicted octanol–water partition coefficient (Wildman–Crippen LogP) is 4.74. The zero-order valence-electron chi connectivity index (χ0n) is 15.2. The van der Waals surface area contributed by atoms with E-state index in [0.29, 0.717) is 13.1 Å². The van der Waals surface area contributed by atoms with E-state index in [2.05, 4.69) is 4.98 Å². The lowest BCUT2D eigenvalue weighted by Gasteiger charge is -2.19. The summed E-state index contributed by atoms with van der Waals surface area (Å²) in [6.45, 7) is 4.53. The Hall–Kier alpha value is -2.60. The molecule has 28 heavy (non-hydrogen) atoms. The first-order valence-corrected chi connectivity index (χ1v) is 9.38. The number of hydrogen-bond acceptors (Lipinski definition) is 4. The average molecular weight is 411 g/mol. The first kappa shape index (κ1) is 21.7. The molecular weight excluding hydrogens is 394 g/mol. The third-order valence-electron chi connectivity index (χ3n) is 3.99. The molecule has 0 aliphatic carbocycles. The zero-order chi connectivity index (χ0) is 20.9. The summed E-state index contributed by atoms with van der Waals surface area (Å²) in [7, 11) is 0. The summed E-state index contributed by atoms with van der Waals surface area (Å²) in [4.78, 5) is 17.9. The number of rotatable bonds is 6. The van der Waals surface area contributed by atoms with Gasteiger partial charge in [-0.15, -0.1) is 0 Å². The molecule has 2 rings (SSSR count). The van der Waals surface area contributed by atoms with Gasteiger partial charge in [-0.25, -0.2) is 9.37 Å². The number of pyridine rings is 1. The maximum absolute atomic E-state index is 13.5. The van der Waals surface area contributed by atoms with E-state index in [1.807, 2.05) is 0 Å². The third-order valence-corrected chi connectivity index (χ3v) is 4.95. The largest absolute Gasteiger partial charge is 0.417 e. The average Bonchev–Trinajstić information content (AvgIpc) is 2.66. The van der Waals surface area contributed by atoms with Crippen LogP contribution >= 0.6 is 11.8 Å². The van der Waals surface area contributed by atoms with Crippen molar-refractivity contribution in [2.75, 3.05) is 18.8 Å². The van der Waals surface area contributed by atoms with Gasteiger partial charge in [-0.3, -0.25) is 4.79 Å². The summed E-state index contributed by atoms with van der Waals surface area (Å²) in [6.07, 6.45) is -4.78. The third kappa shape index (κ3) is 5.01. The Morgan fingerprint density at radius 3 is 2.32 bits per heavy atom. The van der Waals surface area contributed by atoms with E-state index in [-0.39, 0.29) is 27.9 Å². The van der Waals surface area contributed by atoms with Gasteiger partial charge in [0.25, 0.3) is 0 Å². The van der Waals surface area contributed by atoms with Crippen LogP contribution in [0.5, 0.6) is 0 Å². The van der Waals surface area contributed by atoms with Crippen molar-refractivity contribution in [1.29, 1.82) is 5.26 Å². The van der Waals surface area contributed by atoms with Gasteiger partial charge in [0.15, 0.2) is 0 Å². The van der Waals surface area contributed by atoms with E-state index >= 15 is 0 Å². The van der Waals surface area contributed by atoms with Crippen molar-refractivity contribution in [3.63, 3.8) is 0 Å². The molecule has 0 bridgehead atoms. The second-order valence-electron chi connectivity index (χ2n) is 5.71. The Morgan fingerprint density at radius 1 is 1.21 bits per heavy atom. The SMILES string of the molecule is CCN(CC)C(=O)CSc1nc(-c2ccc(F)cc2)cc(C(F)(F)F)c1C#N. The summed E-state index contributed by atoms with van der Waals surface area (Å²) < 4.78 is 53.6. The van der Waals surface area contributed by atoms with Crippen molar-refractivity contribution in [2.24, 2.45) is 0 Å². The second-order valence-corrected chi connectivity index (χ2v) is 6.67. The molecule has 2 aromatic rings. The lowest BCUT2D eigenvalue weighted by Crippen LogP contribution is -2.31. The number of carbonyl (C=O) groups is 1. The number of benzene rings is 1. The molecule has 0 N–H and O–H groups in total. The van der Waals surface area contributed by atoms with Gasteiger partial charge in [0, 0.05) is 18.7 Å². The van der Waals surface area contributed by atoms with Crippen LogP contribution < -0.4 is 0 Å². The van der Waals surface area contributed by atoms with Crippen LogP contribution in [0.2, 0.25) is 0 Å². The molecule has 0 aliphatic heterocycles. The molecule has 1 aromatic heterocycles. The highest BCUT2D eigenvalue weighted by molar-refractivity contribution is 8.00. The molecule has 0 aliphatic rings. The highest BCUT2D eigenvalue weighted by Gasteiger charge is 2.36. The minimum Gasteiger partial charge on any atom is -0.343 e. The van der Waals surface area contributed by atoms with E-state index in [0.717, 1.165) is 30.0 Å². The first-order valence-electron chi connectivity index (χ1n) is 8.40. The Bertz CT molecular complexity index is 888. The Kier molecular flexibility index (Phi) is 7.02. The fourth-order valence-electron chi connectivity index (χ4n) is 2.52. The number of carbonyl (C=O) groups excluding carboxylic acids is 1. The highest BCUT2D eigenvalue weighted by Crippen LogP contribution is 2.38. The van der Waals surface area contributed by atoms with Gasteiger partial charge >= 0.3 is 6.18 Å². The van der Waals surface area contributed by atoms with Gasteiger partial charge < -0.3 is 4.90 Å². The summed E-state index contributed by atoms with van der Waals surface area (Å²) in [5.74, 6) is -0.942. The van der Waals surface area contributed by atoms with Crippen LogP contribution in [0.25, 0.3) is 11.3 Å². The fraction of sp³-hybridized carbons (Fsp3) is 0.316. The Morgan fingerprint density at radius 2 is 1.82 bits per heavy atom. The smallest absolute Gasteiger partial charge is 0.343 e. The normalized spacial score (nSPS) is 11.2. The molecule has 0 saturated carbocycles. The molecular formula is C19H17F4N3OS. The van der Waals surface area contributed by atoms with E-state index in [1.54, 1.807) is 19.9 Å². The van der Waals surface area contributed by atoms with Gasteiger partial charge in [0.1, 0.15) is 16.9 Å². The lowest BCUT2D eigenvalue weighted by atomic mass is 10.1. The first-order chi connectivity index (χ1) is 13.2. The molecule has 1 amide bonds. The molecule has 1 heterocycles. The van der Waals surface area contributed by atoms with E-state index in [9.17, 15) is 27.6 Å². The summed E-state index contributed by atoms with van der Waals surface area (Å²) in [6, 6.07) is 7.15. The molecule has 0 saturated heterocycles. The zero-order valence-corrected chi connectivity index (χ0v) is 16.0. The molecule has 4 nitrogen and oxygen atoms in total. The quantitative estimate of drug-likeness (QED) is 0.509. The van der Waals surface area contributed by atoms with E-state index < -0.39 is 23.1 Å². The van der Waals surface area contributed by atoms with Crippen molar-refractivity contribution < 1.29 is 22.4 Å². The number of alkyl halides is 3.